The summed E-state index contributed by atoms with van der Waals surface area (Å²) in [4.78, 5) is 19.7. The van der Waals surface area contributed by atoms with Gasteiger partial charge in [0, 0.05) is 36.2 Å². The van der Waals surface area contributed by atoms with Crippen LogP contribution in [0.15, 0.2) is 79.0 Å². The van der Waals surface area contributed by atoms with Gasteiger partial charge in [0.25, 0.3) is 0 Å². The lowest BCUT2D eigenvalue weighted by atomic mass is 9.96. The Bertz CT molecular complexity index is 1500. The van der Waals surface area contributed by atoms with Crippen molar-refractivity contribution in [1.82, 2.24) is 19.8 Å². The summed E-state index contributed by atoms with van der Waals surface area (Å²) in [6.07, 6.45) is 2.86. The molecule has 1 fully saturated rings. The molecule has 1 aliphatic heterocycles. The average molecular weight is 542 g/mol. The predicted molar refractivity (Wildman–Crippen MR) is 156 cm³/mol. The summed E-state index contributed by atoms with van der Waals surface area (Å²) >= 11 is 5.80. The van der Waals surface area contributed by atoms with Crippen molar-refractivity contribution in [2.75, 3.05) is 11.9 Å². The lowest BCUT2D eigenvalue weighted by molar-refractivity contribution is -0.116. The Labute approximate surface area is 233 Å². The van der Waals surface area contributed by atoms with Gasteiger partial charge >= 0.3 is 0 Å². The summed E-state index contributed by atoms with van der Waals surface area (Å²) in [5, 5.41) is 7.07. The van der Waals surface area contributed by atoms with Crippen LogP contribution in [0.25, 0.3) is 5.69 Å². The molecule has 6 nitrogen and oxygen atoms in total. The van der Waals surface area contributed by atoms with Crippen molar-refractivity contribution in [3.05, 3.63) is 113 Å². The number of carbonyl (C=O) groups excluding carboxylic acids is 1. The summed E-state index contributed by atoms with van der Waals surface area (Å²) in [5.41, 5.74) is 6.13. The zero-order chi connectivity index (χ0) is 27.5. The molecular weight excluding hydrogens is 509 g/mol. The van der Waals surface area contributed by atoms with Crippen molar-refractivity contribution < 1.29 is 9.18 Å². The second kappa shape index (κ2) is 11.4. The second-order valence-electron chi connectivity index (χ2n) is 9.74. The van der Waals surface area contributed by atoms with Gasteiger partial charge in [-0.25, -0.2) is 4.39 Å². The Morgan fingerprint density at radius 3 is 2.56 bits per heavy atom. The predicted octanol–water partition coefficient (Wildman–Crippen LogP) is 6.19. The lowest BCUT2D eigenvalue weighted by Crippen LogP contribution is -2.33. The molecule has 0 spiro atoms. The molecule has 3 heterocycles. The zero-order valence-electron chi connectivity index (χ0n) is 22.3. The van der Waals surface area contributed by atoms with E-state index in [1.54, 1.807) is 18.3 Å². The van der Waals surface area contributed by atoms with E-state index >= 15 is 0 Å². The van der Waals surface area contributed by atoms with E-state index < -0.39 is 0 Å². The Balaban J connectivity index is 1.47. The molecule has 1 amide bonds. The smallest absolute Gasteiger partial charge is 0.226 e. The number of rotatable bonds is 8. The number of hydrogen-bond acceptors (Lipinski definition) is 3. The number of para-hydroxylation sites is 2. The van der Waals surface area contributed by atoms with Crippen LogP contribution >= 0.6 is 12.2 Å². The van der Waals surface area contributed by atoms with Crippen LogP contribution in [0.2, 0.25) is 0 Å². The Hall–Kier alpha value is -4.04. The van der Waals surface area contributed by atoms with E-state index in [-0.39, 0.29) is 30.2 Å². The quantitative estimate of drug-likeness (QED) is 0.261. The maximum atomic E-state index is 14.8. The molecule has 2 aromatic heterocycles. The SMILES string of the molecule is CCc1ccccc1NC(=O)CCN1C(=S)N[C@@H](c2ccccn2)[C@@H]1c1cc(C)n(-c2ccccc2F)c1C. The number of carbonyl (C=O) groups is 1. The van der Waals surface area contributed by atoms with Crippen LogP contribution < -0.4 is 10.6 Å². The zero-order valence-corrected chi connectivity index (χ0v) is 23.1. The van der Waals surface area contributed by atoms with Crippen molar-refractivity contribution in [2.24, 2.45) is 0 Å². The first-order chi connectivity index (χ1) is 18.9. The number of nitrogens with zero attached hydrogens (tertiary/aromatic N) is 3. The van der Waals surface area contributed by atoms with Gasteiger partial charge < -0.3 is 20.1 Å². The fraction of sp³-hybridized carbons (Fsp3) is 0.258. The van der Waals surface area contributed by atoms with Crippen LogP contribution in [0.1, 0.15) is 53.6 Å². The van der Waals surface area contributed by atoms with Crippen LogP contribution in [0, 0.1) is 19.7 Å². The minimum atomic E-state index is -0.284. The van der Waals surface area contributed by atoms with Gasteiger partial charge in [0.2, 0.25) is 5.91 Å². The van der Waals surface area contributed by atoms with Gasteiger partial charge in [-0.1, -0.05) is 43.3 Å². The van der Waals surface area contributed by atoms with E-state index in [0.717, 1.165) is 40.3 Å². The average Bonchev–Trinajstić information content (AvgIpc) is 3.42. The fourth-order valence-electron chi connectivity index (χ4n) is 5.46. The molecular formula is C31H32FN5OS. The van der Waals surface area contributed by atoms with Gasteiger partial charge in [-0.15, -0.1) is 0 Å². The second-order valence-corrected chi connectivity index (χ2v) is 10.1. The summed E-state index contributed by atoms with van der Waals surface area (Å²) < 4.78 is 16.8. The molecule has 4 aromatic rings. The molecule has 200 valence electrons. The Morgan fingerprint density at radius 1 is 1.08 bits per heavy atom. The third kappa shape index (κ3) is 5.29. The summed E-state index contributed by atoms with van der Waals surface area (Å²) in [5.74, 6) is -0.358. The highest BCUT2D eigenvalue weighted by atomic mass is 32.1. The number of amides is 1. The number of hydrogen-bond donors (Lipinski definition) is 2. The van der Waals surface area contributed by atoms with Crippen LogP contribution in [0.3, 0.4) is 0 Å². The monoisotopic (exact) mass is 541 g/mol. The topological polar surface area (TPSA) is 62.2 Å². The molecule has 2 atom stereocenters. The Morgan fingerprint density at radius 2 is 1.82 bits per heavy atom. The van der Waals surface area contributed by atoms with E-state index in [0.29, 0.717) is 17.3 Å². The maximum Gasteiger partial charge on any atom is 0.226 e. The maximum absolute atomic E-state index is 14.8. The minimum absolute atomic E-state index is 0.0736. The molecule has 0 unspecified atom stereocenters. The van der Waals surface area contributed by atoms with Crippen LogP contribution in [0.4, 0.5) is 10.1 Å². The molecule has 2 N–H and O–H groups in total. The van der Waals surface area contributed by atoms with Crippen molar-refractivity contribution in [1.29, 1.82) is 0 Å². The van der Waals surface area contributed by atoms with E-state index in [1.807, 2.05) is 66.9 Å². The van der Waals surface area contributed by atoms with Gasteiger partial charge in [0.1, 0.15) is 5.82 Å². The van der Waals surface area contributed by atoms with Crippen molar-refractivity contribution in [2.45, 2.75) is 45.7 Å². The molecule has 39 heavy (non-hydrogen) atoms. The van der Waals surface area contributed by atoms with E-state index in [9.17, 15) is 9.18 Å². The number of halogens is 1. The first-order valence-electron chi connectivity index (χ1n) is 13.2. The summed E-state index contributed by atoms with van der Waals surface area (Å²) in [7, 11) is 0. The third-order valence-corrected chi connectivity index (χ3v) is 7.68. The molecule has 0 aliphatic carbocycles. The molecule has 8 heteroatoms. The van der Waals surface area contributed by atoms with Gasteiger partial charge in [-0.05, 0) is 80.0 Å². The molecule has 1 aliphatic rings. The number of anilines is 1. The number of thiocarbonyl (C=S) groups is 1. The third-order valence-electron chi connectivity index (χ3n) is 7.33. The van der Waals surface area contributed by atoms with Gasteiger partial charge in [0.05, 0.1) is 23.5 Å². The molecule has 5 rings (SSSR count). The minimum Gasteiger partial charge on any atom is -0.352 e. The standard InChI is InChI=1S/C31H32FN5OS/c1-4-22-11-5-7-13-25(22)34-28(38)16-18-36-30(29(35-31(36)39)26-14-9-10-17-33-26)23-19-20(2)37(21(23)3)27-15-8-6-12-24(27)32/h5-15,17,19,29-30H,4,16,18H2,1-3H3,(H,34,38)(H,35,39)/t29-,30-/m0/s1. The highest BCUT2D eigenvalue weighted by Gasteiger charge is 2.41. The van der Waals surface area contributed by atoms with E-state index in [4.69, 9.17) is 12.2 Å². The van der Waals surface area contributed by atoms with Gasteiger partial charge in [0.15, 0.2) is 5.11 Å². The fourth-order valence-corrected chi connectivity index (χ4v) is 5.79. The normalized spacial score (nSPS) is 16.8. The van der Waals surface area contributed by atoms with E-state index in [2.05, 4.69) is 33.5 Å². The van der Waals surface area contributed by atoms with Crippen molar-refractivity contribution in [3.8, 4) is 5.69 Å². The summed E-state index contributed by atoms with van der Waals surface area (Å²) in [6, 6.07) is 22.1. The van der Waals surface area contributed by atoms with Gasteiger partial charge in [-0.3, -0.25) is 9.78 Å². The van der Waals surface area contributed by atoms with Crippen molar-refractivity contribution >= 4 is 28.9 Å². The van der Waals surface area contributed by atoms with Crippen molar-refractivity contribution in [3.63, 3.8) is 0 Å². The molecule has 0 bridgehead atoms. The number of nitrogens with one attached hydrogen (secondary N) is 2. The van der Waals surface area contributed by atoms with Gasteiger partial charge in [-0.2, -0.15) is 0 Å². The lowest BCUT2D eigenvalue weighted by Gasteiger charge is -2.28. The van der Waals surface area contributed by atoms with Crippen LogP contribution in [0.5, 0.6) is 0 Å². The molecule has 1 saturated heterocycles. The Kier molecular flexibility index (Phi) is 7.74. The van der Waals surface area contributed by atoms with Crippen LogP contribution in [-0.4, -0.2) is 32.0 Å². The largest absolute Gasteiger partial charge is 0.352 e. The number of pyridine rings is 1. The summed E-state index contributed by atoms with van der Waals surface area (Å²) in [6.45, 7) is 6.46. The number of aryl methyl sites for hydroxylation is 2. The number of aromatic nitrogens is 2. The van der Waals surface area contributed by atoms with Crippen LogP contribution in [-0.2, 0) is 11.2 Å². The highest BCUT2D eigenvalue weighted by Crippen LogP contribution is 2.41. The molecule has 0 radical (unpaired) electrons. The highest BCUT2D eigenvalue weighted by molar-refractivity contribution is 7.80. The molecule has 2 aromatic carbocycles. The number of benzene rings is 2. The first kappa shape index (κ1) is 26.6. The van der Waals surface area contributed by atoms with E-state index in [1.165, 1.54) is 6.07 Å². The first-order valence-corrected chi connectivity index (χ1v) is 13.6. The molecule has 0 saturated carbocycles.